The van der Waals surface area contributed by atoms with Crippen molar-refractivity contribution in [3.05, 3.63) is 34.1 Å². The topological polar surface area (TPSA) is 76.7 Å². The van der Waals surface area contributed by atoms with Crippen LogP contribution in [0.25, 0.3) is 22.3 Å². The molecule has 24 heavy (non-hydrogen) atoms. The van der Waals surface area contributed by atoms with E-state index >= 15 is 0 Å². The van der Waals surface area contributed by atoms with E-state index in [-0.39, 0.29) is 0 Å². The molecule has 0 atom stereocenters. The maximum absolute atomic E-state index is 5.49. The molecule has 0 saturated carbocycles. The highest BCUT2D eigenvalue weighted by molar-refractivity contribution is 7.13. The molecule has 0 aliphatic carbocycles. The summed E-state index contributed by atoms with van der Waals surface area (Å²) in [5.41, 5.74) is 5.48. The van der Waals surface area contributed by atoms with Gasteiger partial charge in [-0.25, -0.2) is 4.98 Å². The van der Waals surface area contributed by atoms with Crippen molar-refractivity contribution in [3.8, 4) is 22.3 Å². The first-order valence-electron chi connectivity index (χ1n) is 8.11. The molecule has 3 aromatic rings. The lowest BCUT2D eigenvalue weighted by Gasteiger charge is -2.19. The molecule has 6 nitrogen and oxygen atoms in total. The van der Waals surface area contributed by atoms with E-state index in [2.05, 4.69) is 39.3 Å². The van der Waals surface area contributed by atoms with Crippen LogP contribution in [0.1, 0.15) is 42.3 Å². The number of aryl methyl sites for hydroxylation is 1. The van der Waals surface area contributed by atoms with Crippen molar-refractivity contribution in [3.63, 3.8) is 0 Å². The normalized spacial score (nSPS) is 14.2. The second-order valence-corrected chi connectivity index (χ2v) is 7.16. The Morgan fingerprint density at radius 1 is 1.29 bits per heavy atom. The second-order valence-electron chi connectivity index (χ2n) is 6.30. The van der Waals surface area contributed by atoms with Gasteiger partial charge in [0, 0.05) is 29.4 Å². The van der Waals surface area contributed by atoms with Crippen molar-refractivity contribution in [2.75, 3.05) is 6.54 Å². The van der Waals surface area contributed by atoms with Gasteiger partial charge >= 0.3 is 0 Å². The Labute approximate surface area is 144 Å². The molecule has 7 heteroatoms. The van der Waals surface area contributed by atoms with Crippen LogP contribution in [0.5, 0.6) is 0 Å². The van der Waals surface area contributed by atoms with Gasteiger partial charge in [-0.05, 0) is 36.9 Å². The maximum Gasteiger partial charge on any atom is 0.287 e. The van der Waals surface area contributed by atoms with Crippen molar-refractivity contribution in [1.29, 1.82) is 0 Å². The summed E-state index contributed by atoms with van der Waals surface area (Å²) in [7, 11) is 0. The summed E-state index contributed by atoms with van der Waals surface area (Å²) in [5, 5.41) is 10.4. The highest BCUT2D eigenvalue weighted by Crippen LogP contribution is 2.31. The molecule has 3 aromatic heterocycles. The van der Waals surface area contributed by atoms with Gasteiger partial charge in [0.2, 0.25) is 5.82 Å². The summed E-state index contributed by atoms with van der Waals surface area (Å²) in [6, 6.07) is 0. The number of nitrogens with zero attached hydrogens (tertiary/aromatic N) is 4. The molecule has 0 radical (unpaired) electrons. The Hall–Kier alpha value is -2.12. The van der Waals surface area contributed by atoms with Crippen LogP contribution in [0.2, 0.25) is 0 Å². The SMILES string of the molecule is Cc1ncc2c(c1-c1noc(-c3nc(C(C)C)cs3)n1)CCNC2. The second kappa shape index (κ2) is 6.07. The molecule has 0 saturated heterocycles. The lowest BCUT2D eigenvalue weighted by Crippen LogP contribution is -2.24. The number of hydrogen-bond acceptors (Lipinski definition) is 7. The Kier molecular flexibility index (Phi) is 3.90. The monoisotopic (exact) mass is 341 g/mol. The zero-order chi connectivity index (χ0) is 16.7. The molecule has 4 heterocycles. The lowest BCUT2D eigenvalue weighted by molar-refractivity contribution is 0.431. The number of aromatic nitrogens is 4. The third kappa shape index (κ3) is 2.63. The Morgan fingerprint density at radius 3 is 2.96 bits per heavy atom. The molecule has 1 aliphatic rings. The summed E-state index contributed by atoms with van der Waals surface area (Å²) in [5.74, 6) is 1.47. The van der Waals surface area contributed by atoms with Gasteiger partial charge in [-0.1, -0.05) is 19.0 Å². The minimum Gasteiger partial charge on any atom is -0.331 e. The lowest BCUT2D eigenvalue weighted by atomic mass is 9.95. The molecule has 1 aliphatic heterocycles. The van der Waals surface area contributed by atoms with E-state index in [0.717, 1.165) is 41.5 Å². The summed E-state index contributed by atoms with van der Waals surface area (Å²) in [6.45, 7) is 8.03. The quantitative estimate of drug-likeness (QED) is 0.787. The average molecular weight is 341 g/mol. The summed E-state index contributed by atoms with van der Waals surface area (Å²) < 4.78 is 5.49. The van der Waals surface area contributed by atoms with Crippen LogP contribution in [-0.2, 0) is 13.0 Å². The van der Waals surface area contributed by atoms with E-state index in [9.17, 15) is 0 Å². The first kappa shape index (κ1) is 15.4. The molecule has 0 aromatic carbocycles. The summed E-state index contributed by atoms with van der Waals surface area (Å²) >= 11 is 1.54. The molecule has 0 spiro atoms. The largest absolute Gasteiger partial charge is 0.331 e. The smallest absolute Gasteiger partial charge is 0.287 e. The highest BCUT2D eigenvalue weighted by atomic mass is 32.1. The Bertz CT molecular complexity index is 883. The van der Waals surface area contributed by atoms with E-state index in [1.165, 1.54) is 22.5 Å². The van der Waals surface area contributed by atoms with Crippen LogP contribution < -0.4 is 5.32 Å². The fourth-order valence-electron chi connectivity index (χ4n) is 2.93. The van der Waals surface area contributed by atoms with Gasteiger partial charge < -0.3 is 9.84 Å². The van der Waals surface area contributed by atoms with Crippen molar-refractivity contribution in [2.45, 2.75) is 39.7 Å². The Morgan fingerprint density at radius 2 is 2.17 bits per heavy atom. The third-order valence-corrected chi connectivity index (χ3v) is 5.13. The first-order chi connectivity index (χ1) is 11.6. The number of thiazole rings is 1. The maximum atomic E-state index is 5.49. The molecule has 0 fully saturated rings. The molecular weight excluding hydrogens is 322 g/mol. The fraction of sp³-hybridized carbons (Fsp3) is 0.412. The van der Waals surface area contributed by atoms with Gasteiger partial charge in [0.05, 0.1) is 5.69 Å². The van der Waals surface area contributed by atoms with Crippen LogP contribution in [-0.4, -0.2) is 26.7 Å². The van der Waals surface area contributed by atoms with E-state index in [1.807, 2.05) is 18.5 Å². The third-order valence-electron chi connectivity index (χ3n) is 4.28. The van der Waals surface area contributed by atoms with Gasteiger partial charge in [0.25, 0.3) is 5.89 Å². The average Bonchev–Trinajstić information content (AvgIpc) is 3.24. The van der Waals surface area contributed by atoms with E-state index in [0.29, 0.717) is 17.6 Å². The zero-order valence-corrected chi connectivity index (χ0v) is 14.8. The Balaban J connectivity index is 1.75. The van der Waals surface area contributed by atoms with Crippen molar-refractivity contribution in [1.82, 2.24) is 25.4 Å². The summed E-state index contributed by atoms with van der Waals surface area (Å²) in [6.07, 6.45) is 2.89. The number of pyridine rings is 1. The minimum absolute atomic E-state index is 0.387. The van der Waals surface area contributed by atoms with Crippen molar-refractivity contribution in [2.24, 2.45) is 0 Å². The standard InChI is InChI=1S/C17H19N5OS/c1-9(2)13-8-24-17(20-13)16-21-15(22-23-16)14-10(3)19-7-11-6-18-5-4-12(11)14/h7-9,18H,4-6H2,1-3H3. The van der Waals surface area contributed by atoms with Crippen molar-refractivity contribution >= 4 is 11.3 Å². The number of hydrogen-bond donors (Lipinski definition) is 1. The highest BCUT2D eigenvalue weighted by Gasteiger charge is 2.22. The molecular formula is C17H19N5OS. The molecule has 4 rings (SSSR count). The van der Waals surface area contributed by atoms with Gasteiger partial charge in [0.15, 0.2) is 5.01 Å². The molecule has 0 bridgehead atoms. The minimum atomic E-state index is 0.387. The van der Waals surface area contributed by atoms with Crippen LogP contribution in [0.15, 0.2) is 16.1 Å². The predicted molar refractivity (Wildman–Crippen MR) is 92.9 cm³/mol. The molecule has 0 unspecified atom stereocenters. The predicted octanol–water partition coefficient (Wildman–Crippen LogP) is 3.33. The molecule has 1 N–H and O–H groups in total. The molecule has 124 valence electrons. The number of nitrogens with one attached hydrogen (secondary N) is 1. The number of fused-ring (bicyclic) bond motifs is 1. The van der Waals surface area contributed by atoms with Crippen molar-refractivity contribution < 1.29 is 4.52 Å². The zero-order valence-electron chi connectivity index (χ0n) is 14.0. The van der Waals surface area contributed by atoms with Crippen LogP contribution in [0.4, 0.5) is 0 Å². The van der Waals surface area contributed by atoms with E-state index in [1.54, 1.807) is 0 Å². The number of rotatable bonds is 3. The van der Waals surface area contributed by atoms with E-state index in [4.69, 9.17) is 4.52 Å². The van der Waals surface area contributed by atoms with Gasteiger partial charge in [-0.3, -0.25) is 4.98 Å². The summed E-state index contributed by atoms with van der Waals surface area (Å²) in [4.78, 5) is 13.7. The van der Waals surface area contributed by atoms with Gasteiger partial charge in [0.1, 0.15) is 0 Å². The first-order valence-corrected chi connectivity index (χ1v) is 8.99. The van der Waals surface area contributed by atoms with Gasteiger partial charge in [-0.2, -0.15) is 4.98 Å². The van der Waals surface area contributed by atoms with Crippen LogP contribution in [0.3, 0.4) is 0 Å². The fourth-order valence-corrected chi connectivity index (χ4v) is 3.83. The van der Waals surface area contributed by atoms with Gasteiger partial charge in [-0.15, -0.1) is 11.3 Å². The van der Waals surface area contributed by atoms with Crippen LogP contribution in [0, 0.1) is 6.92 Å². The molecule has 0 amide bonds. The van der Waals surface area contributed by atoms with Crippen LogP contribution >= 0.6 is 11.3 Å². The van der Waals surface area contributed by atoms with E-state index < -0.39 is 0 Å².